The summed E-state index contributed by atoms with van der Waals surface area (Å²) in [5.41, 5.74) is 0.724. The third-order valence-electron chi connectivity index (χ3n) is 1.98. The van der Waals surface area contributed by atoms with Crippen LogP contribution in [0.15, 0.2) is 29.8 Å². The molecule has 0 saturated carbocycles. The lowest BCUT2D eigenvalue weighted by Gasteiger charge is -2.03. The molecule has 1 rings (SSSR count). The molecule has 0 aliphatic heterocycles. The van der Waals surface area contributed by atoms with E-state index in [-0.39, 0.29) is 12.0 Å². The molecule has 5 heteroatoms. The second-order valence-corrected chi connectivity index (χ2v) is 3.72. The van der Waals surface area contributed by atoms with Gasteiger partial charge in [-0.15, -0.1) is 0 Å². The van der Waals surface area contributed by atoms with Gasteiger partial charge in [0.05, 0.1) is 13.5 Å². The van der Waals surface area contributed by atoms with E-state index in [9.17, 15) is 9.59 Å². The van der Waals surface area contributed by atoms with Gasteiger partial charge in [0.15, 0.2) is 0 Å². The van der Waals surface area contributed by atoms with Gasteiger partial charge in [-0.3, -0.25) is 4.79 Å². The number of rotatable bonds is 4. The number of carboxylic acids is 1. The minimum absolute atomic E-state index is 0.0715. The van der Waals surface area contributed by atoms with Crippen LogP contribution in [0, 0.1) is 0 Å². The maximum absolute atomic E-state index is 11.3. The molecule has 0 spiro atoms. The summed E-state index contributed by atoms with van der Waals surface area (Å²) in [6.07, 6.45) is 1.06. The Morgan fingerprint density at radius 2 is 2.18 bits per heavy atom. The number of carboxylic acid groups (broad SMARTS) is 1. The molecule has 1 aromatic carbocycles. The molecule has 1 aromatic rings. The summed E-state index contributed by atoms with van der Waals surface area (Å²) in [6.45, 7) is 0. The molecular weight excluding hydrogens is 244 g/mol. The smallest absolute Gasteiger partial charge is 0.334 e. The van der Waals surface area contributed by atoms with Crippen LogP contribution in [0.5, 0.6) is 0 Å². The summed E-state index contributed by atoms with van der Waals surface area (Å²) in [4.78, 5) is 22.0. The van der Waals surface area contributed by atoms with Crippen LogP contribution in [-0.2, 0) is 14.3 Å². The molecule has 90 valence electrons. The van der Waals surface area contributed by atoms with Crippen molar-refractivity contribution < 1.29 is 19.4 Å². The first-order valence-electron chi connectivity index (χ1n) is 4.79. The second kappa shape index (κ2) is 6.06. The fourth-order valence-electron chi connectivity index (χ4n) is 1.27. The maximum Gasteiger partial charge on any atom is 0.334 e. The van der Waals surface area contributed by atoms with Crippen molar-refractivity contribution in [2.75, 3.05) is 7.11 Å². The average Bonchev–Trinajstić information content (AvgIpc) is 2.26. The number of hydrogen-bond acceptors (Lipinski definition) is 3. The Hall–Kier alpha value is -1.81. The zero-order chi connectivity index (χ0) is 12.8. The van der Waals surface area contributed by atoms with E-state index in [1.165, 1.54) is 13.2 Å². The summed E-state index contributed by atoms with van der Waals surface area (Å²) in [5.74, 6) is -1.75. The van der Waals surface area contributed by atoms with Gasteiger partial charge in [-0.2, -0.15) is 0 Å². The zero-order valence-corrected chi connectivity index (χ0v) is 9.90. The van der Waals surface area contributed by atoms with Crippen molar-refractivity contribution in [2.45, 2.75) is 6.42 Å². The highest BCUT2D eigenvalue weighted by molar-refractivity contribution is 6.30. The van der Waals surface area contributed by atoms with Crippen LogP contribution >= 0.6 is 11.6 Å². The number of carbonyl (C=O) groups is 2. The summed E-state index contributed by atoms with van der Waals surface area (Å²) in [6, 6.07) is 6.75. The molecule has 0 fully saturated rings. The molecule has 4 nitrogen and oxygen atoms in total. The lowest BCUT2D eigenvalue weighted by Crippen LogP contribution is -2.09. The van der Waals surface area contributed by atoms with E-state index in [0.29, 0.717) is 10.6 Å². The zero-order valence-electron chi connectivity index (χ0n) is 9.14. The molecule has 1 N–H and O–H groups in total. The van der Waals surface area contributed by atoms with Gasteiger partial charge in [-0.25, -0.2) is 4.79 Å². The highest BCUT2D eigenvalue weighted by atomic mass is 35.5. The predicted octanol–water partition coefficient (Wildman–Crippen LogP) is 2.37. The van der Waals surface area contributed by atoms with Gasteiger partial charge < -0.3 is 9.84 Å². The molecule has 0 aliphatic rings. The van der Waals surface area contributed by atoms with E-state index in [1.807, 2.05) is 0 Å². The molecule has 0 unspecified atom stereocenters. The van der Waals surface area contributed by atoms with Crippen molar-refractivity contribution in [3.8, 4) is 0 Å². The standard InChI is InChI=1S/C12H11ClO4/c1-17-12(16)9(7-11(14)15)5-8-3-2-4-10(13)6-8/h2-6H,7H2,1H3,(H,14,15)/b9-5-. The van der Waals surface area contributed by atoms with Crippen molar-refractivity contribution in [3.05, 3.63) is 40.4 Å². The Labute approximate surface area is 103 Å². The van der Waals surface area contributed by atoms with Gasteiger partial charge in [0, 0.05) is 10.6 Å². The second-order valence-electron chi connectivity index (χ2n) is 3.29. The van der Waals surface area contributed by atoms with Crippen LogP contribution in [0.1, 0.15) is 12.0 Å². The molecule has 0 heterocycles. The first-order valence-corrected chi connectivity index (χ1v) is 5.17. The quantitative estimate of drug-likeness (QED) is 0.662. The van der Waals surface area contributed by atoms with Crippen LogP contribution in [-0.4, -0.2) is 24.2 Å². The third-order valence-corrected chi connectivity index (χ3v) is 2.21. The average molecular weight is 255 g/mol. The van der Waals surface area contributed by atoms with Crippen molar-refractivity contribution in [3.63, 3.8) is 0 Å². The fraction of sp³-hybridized carbons (Fsp3) is 0.167. The van der Waals surface area contributed by atoms with E-state index in [0.717, 1.165) is 0 Å². The Morgan fingerprint density at radius 1 is 1.47 bits per heavy atom. The van der Waals surface area contributed by atoms with Crippen molar-refractivity contribution >= 4 is 29.6 Å². The lowest BCUT2D eigenvalue weighted by atomic mass is 10.1. The number of halogens is 1. The molecule has 0 aromatic heterocycles. The number of ether oxygens (including phenoxy) is 1. The number of esters is 1. The van der Waals surface area contributed by atoms with Gasteiger partial charge in [-0.05, 0) is 23.8 Å². The minimum atomic E-state index is -1.09. The molecule has 0 bridgehead atoms. The van der Waals surface area contributed by atoms with Crippen LogP contribution < -0.4 is 0 Å². The molecule has 0 amide bonds. The molecule has 0 atom stereocenters. The van der Waals surface area contributed by atoms with Gasteiger partial charge in [0.25, 0.3) is 0 Å². The summed E-state index contributed by atoms with van der Waals surface area (Å²) < 4.78 is 4.51. The molecular formula is C12H11ClO4. The Morgan fingerprint density at radius 3 is 2.71 bits per heavy atom. The van der Waals surface area contributed by atoms with Crippen LogP contribution in [0.25, 0.3) is 6.08 Å². The van der Waals surface area contributed by atoms with Crippen molar-refractivity contribution in [1.29, 1.82) is 0 Å². The van der Waals surface area contributed by atoms with Gasteiger partial charge in [-0.1, -0.05) is 23.7 Å². The monoisotopic (exact) mass is 254 g/mol. The first kappa shape index (κ1) is 13.3. The van der Waals surface area contributed by atoms with Crippen LogP contribution in [0.2, 0.25) is 5.02 Å². The largest absolute Gasteiger partial charge is 0.481 e. The van der Waals surface area contributed by atoms with E-state index in [1.54, 1.807) is 24.3 Å². The number of hydrogen-bond donors (Lipinski definition) is 1. The van der Waals surface area contributed by atoms with Crippen molar-refractivity contribution in [1.82, 2.24) is 0 Å². The van der Waals surface area contributed by atoms with E-state index in [2.05, 4.69) is 4.74 Å². The predicted molar refractivity (Wildman–Crippen MR) is 63.7 cm³/mol. The summed E-state index contributed by atoms with van der Waals surface area (Å²) in [7, 11) is 1.20. The van der Waals surface area contributed by atoms with Gasteiger partial charge >= 0.3 is 11.9 Å². The van der Waals surface area contributed by atoms with Gasteiger partial charge in [0.2, 0.25) is 0 Å². The molecule has 0 radical (unpaired) electrons. The summed E-state index contributed by atoms with van der Waals surface area (Å²) in [5, 5.41) is 9.20. The molecule has 0 aliphatic carbocycles. The number of benzene rings is 1. The number of carbonyl (C=O) groups excluding carboxylic acids is 1. The van der Waals surface area contributed by atoms with Crippen LogP contribution in [0.3, 0.4) is 0 Å². The fourth-order valence-corrected chi connectivity index (χ4v) is 1.47. The Kier molecular flexibility index (Phi) is 4.72. The maximum atomic E-state index is 11.3. The SMILES string of the molecule is COC(=O)/C(=C\c1cccc(Cl)c1)CC(=O)O. The topological polar surface area (TPSA) is 63.6 Å². The summed E-state index contributed by atoms with van der Waals surface area (Å²) >= 11 is 5.79. The van der Waals surface area contributed by atoms with E-state index < -0.39 is 11.9 Å². The van der Waals surface area contributed by atoms with Crippen LogP contribution in [0.4, 0.5) is 0 Å². The molecule has 0 saturated heterocycles. The third kappa shape index (κ3) is 4.28. The minimum Gasteiger partial charge on any atom is -0.481 e. The Bertz CT molecular complexity index is 465. The first-order chi connectivity index (χ1) is 8.02. The van der Waals surface area contributed by atoms with Crippen molar-refractivity contribution in [2.24, 2.45) is 0 Å². The van der Waals surface area contributed by atoms with E-state index >= 15 is 0 Å². The van der Waals surface area contributed by atoms with Gasteiger partial charge in [0.1, 0.15) is 0 Å². The normalized spacial score (nSPS) is 11.1. The number of methoxy groups -OCH3 is 1. The Balaban J connectivity index is 3.04. The number of aliphatic carboxylic acids is 1. The molecule has 17 heavy (non-hydrogen) atoms. The highest BCUT2D eigenvalue weighted by Gasteiger charge is 2.13. The highest BCUT2D eigenvalue weighted by Crippen LogP contribution is 2.16. The van der Waals surface area contributed by atoms with E-state index in [4.69, 9.17) is 16.7 Å². The lowest BCUT2D eigenvalue weighted by molar-refractivity contribution is -0.141.